The van der Waals surface area contributed by atoms with E-state index in [1.165, 1.54) is 0 Å². The summed E-state index contributed by atoms with van der Waals surface area (Å²) in [6.07, 6.45) is 4.19. The summed E-state index contributed by atoms with van der Waals surface area (Å²) in [5.74, 6) is 0.773. The van der Waals surface area contributed by atoms with Gasteiger partial charge in [0.15, 0.2) is 0 Å². The molecule has 2 N–H and O–H groups in total. The molecule has 6 heteroatoms. The largest absolute Gasteiger partial charge is 0.505 e. The van der Waals surface area contributed by atoms with E-state index in [1.807, 2.05) is 48.5 Å². The Labute approximate surface area is 179 Å². The second-order valence-electron chi connectivity index (χ2n) is 6.66. The summed E-state index contributed by atoms with van der Waals surface area (Å²) >= 11 is 12.9. The summed E-state index contributed by atoms with van der Waals surface area (Å²) in [4.78, 5) is 8.79. The van der Waals surface area contributed by atoms with E-state index in [4.69, 9.17) is 23.2 Å². The molecule has 2 aromatic carbocycles. The molecule has 4 rings (SSSR count). The van der Waals surface area contributed by atoms with Gasteiger partial charge >= 0.3 is 0 Å². The van der Waals surface area contributed by atoms with Gasteiger partial charge in [0.2, 0.25) is 0 Å². The predicted molar refractivity (Wildman–Crippen MR) is 119 cm³/mol. The van der Waals surface area contributed by atoms with Gasteiger partial charge in [-0.25, -0.2) is 4.98 Å². The summed E-state index contributed by atoms with van der Waals surface area (Å²) in [7, 11) is 0. The predicted octanol–water partition coefficient (Wildman–Crippen LogP) is 6.41. The van der Waals surface area contributed by atoms with Crippen molar-refractivity contribution >= 4 is 39.9 Å². The maximum Gasteiger partial charge on any atom is 0.147 e. The molecule has 0 aliphatic carbocycles. The number of phenolic OH excluding ortho intramolecular Hbond substituents is 1. The second kappa shape index (κ2) is 8.27. The van der Waals surface area contributed by atoms with Crippen molar-refractivity contribution in [1.82, 2.24) is 9.97 Å². The number of aryl methyl sites for hydroxylation is 1. The Bertz CT molecular complexity index is 1170. The van der Waals surface area contributed by atoms with Crippen LogP contribution in [-0.2, 0) is 6.42 Å². The maximum absolute atomic E-state index is 11.1. The Hall–Kier alpha value is -2.82. The second-order valence-corrected chi connectivity index (χ2v) is 7.45. The number of pyridine rings is 2. The number of benzene rings is 2. The third-order valence-electron chi connectivity index (χ3n) is 4.92. The lowest BCUT2D eigenvalue weighted by Gasteiger charge is -2.24. The van der Waals surface area contributed by atoms with Crippen LogP contribution in [-0.4, -0.2) is 15.1 Å². The fourth-order valence-corrected chi connectivity index (χ4v) is 3.92. The summed E-state index contributed by atoms with van der Waals surface area (Å²) < 4.78 is 0. The normalized spacial score (nSPS) is 12.1. The zero-order valence-corrected chi connectivity index (χ0v) is 17.2. The molecule has 2 heterocycles. The van der Waals surface area contributed by atoms with E-state index in [2.05, 4.69) is 22.2 Å². The van der Waals surface area contributed by atoms with Gasteiger partial charge < -0.3 is 10.4 Å². The molecule has 1 unspecified atom stereocenters. The fraction of sp³-hybridized carbons (Fsp3) is 0.130. The van der Waals surface area contributed by atoms with Crippen molar-refractivity contribution in [1.29, 1.82) is 0 Å². The van der Waals surface area contributed by atoms with Crippen molar-refractivity contribution in [2.24, 2.45) is 0 Å². The fourth-order valence-electron chi connectivity index (χ4n) is 3.50. The number of nitrogens with zero attached hydrogens (tertiary/aromatic N) is 2. The monoisotopic (exact) mass is 423 g/mol. The third kappa shape index (κ3) is 3.74. The lowest BCUT2D eigenvalue weighted by Crippen LogP contribution is -2.15. The first kappa shape index (κ1) is 19.5. The molecule has 2 aromatic heterocycles. The van der Waals surface area contributed by atoms with Crippen molar-refractivity contribution in [3.63, 3.8) is 0 Å². The minimum Gasteiger partial charge on any atom is -0.505 e. The van der Waals surface area contributed by atoms with Gasteiger partial charge in [-0.05, 0) is 47.9 Å². The molecule has 0 fully saturated rings. The van der Waals surface area contributed by atoms with E-state index >= 15 is 0 Å². The molecule has 29 heavy (non-hydrogen) atoms. The molecule has 146 valence electrons. The maximum atomic E-state index is 11.1. The number of nitrogens with one attached hydrogen (secondary N) is 1. The van der Waals surface area contributed by atoms with Crippen LogP contribution in [0.4, 0.5) is 5.82 Å². The van der Waals surface area contributed by atoms with Crippen molar-refractivity contribution in [2.75, 3.05) is 5.32 Å². The third-order valence-corrected chi connectivity index (χ3v) is 5.76. The smallest absolute Gasteiger partial charge is 0.147 e. The number of phenols is 1. The van der Waals surface area contributed by atoms with E-state index < -0.39 is 6.04 Å². The lowest BCUT2D eigenvalue weighted by molar-refractivity contribution is 0.471. The number of rotatable bonds is 5. The first-order chi connectivity index (χ1) is 14.1. The Balaban J connectivity index is 1.96. The first-order valence-electron chi connectivity index (χ1n) is 9.31. The number of anilines is 1. The zero-order chi connectivity index (χ0) is 20.4. The van der Waals surface area contributed by atoms with E-state index in [-0.39, 0.29) is 5.75 Å². The summed E-state index contributed by atoms with van der Waals surface area (Å²) in [6, 6.07) is 16.5. The van der Waals surface area contributed by atoms with Crippen LogP contribution in [0.3, 0.4) is 0 Å². The average Bonchev–Trinajstić information content (AvgIpc) is 2.76. The van der Waals surface area contributed by atoms with Gasteiger partial charge in [-0.1, -0.05) is 54.4 Å². The van der Waals surface area contributed by atoms with E-state index in [1.54, 1.807) is 18.5 Å². The van der Waals surface area contributed by atoms with Crippen molar-refractivity contribution in [2.45, 2.75) is 19.4 Å². The number of aromatic hydroxyl groups is 1. The van der Waals surface area contributed by atoms with Crippen molar-refractivity contribution in [3.05, 3.63) is 93.7 Å². The van der Waals surface area contributed by atoms with Gasteiger partial charge in [-0.3, -0.25) is 4.98 Å². The Morgan fingerprint density at radius 1 is 0.966 bits per heavy atom. The van der Waals surface area contributed by atoms with Crippen LogP contribution in [0.1, 0.15) is 29.7 Å². The van der Waals surface area contributed by atoms with Crippen LogP contribution in [0.5, 0.6) is 5.75 Å². The average molecular weight is 424 g/mol. The van der Waals surface area contributed by atoms with Crippen LogP contribution in [0, 0.1) is 0 Å². The van der Waals surface area contributed by atoms with E-state index in [0.717, 1.165) is 22.9 Å². The number of fused-ring (bicyclic) bond motifs is 1. The molecule has 0 aliphatic heterocycles. The SMILES string of the molecule is CCc1cc(C(Nc2ccccn2)c2cccc(Cl)c2Cl)c(O)c2ncccc12. The molecule has 1 atom stereocenters. The molecular formula is C23H19Cl2N3O. The van der Waals surface area contributed by atoms with Crippen molar-refractivity contribution in [3.8, 4) is 5.75 Å². The first-order valence-corrected chi connectivity index (χ1v) is 10.1. The molecular weight excluding hydrogens is 405 g/mol. The Morgan fingerprint density at radius 2 is 1.79 bits per heavy atom. The molecule has 4 aromatic rings. The van der Waals surface area contributed by atoms with Crippen molar-refractivity contribution < 1.29 is 5.11 Å². The molecule has 0 radical (unpaired) electrons. The molecule has 0 bridgehead atoms. The highest BCUT2D eigenvalue weighted by molar-refractivity contribution is 6.42. The number of hydrogen-bond acceptors (Lipinski definition) is 4. The van der Waals surface area contributed by atoms with Crippen LogP contribution < -0.4 is 5.32 Å². The Morgan fingerprint density at radius 3 is 2.55 bits per heavy atom. The van der Waals surface area contributed by atoms with E-state index in [9.17, 15) is 5.11 Å². The number of aromatic nitrogens is 2. The minimum absolute atomic E-state index is 0.113. The van der Waals surface area contributed by atoms with Gasteiger partial charge in [0.05, 0.1) is 16.1 Å². The van der Waals surface area contributed by atoms with Gasteiger partial charge in [0.1, 0.15) is 17.1 Å². The van der Waals surface area contributed by atoms with Crippen LogP contribution in [0.25, 0.3) is 10.9 Å². The van der Waals surface area contributed by atoms with Crippen LogP contribution in [0.15, 0.2) is 67.0 Å². The molecule has 0 saturated carbocycles. The number of halogens is 2. The van der Waals surface area contributed by atoms with Crippen LogP contribution in [0.2, 0.25) is 10.0 Å². The summed E-state index contributed by atoms with van der Waals surface area (Å²) in [5, 5.41) is 16.4. The molecule has 0 saturated heterocycles. The highest BCUT2D eigenvalue weighted by Gasteiger charge is 2.24. The standard InChI is InChI=1S/C23H19Cl2N3O/c1-2-14-13-17(23(29)22-15(14)8-6-12-27-22)21(28-19-10-3-4-11-26-19)16-7-5-9-18(24)20(16)25/h3-13,21,29H,2H2,1H3,(H,26,28). The Kier molecular flexibility index (Phi) is 5.56. The topological polar surface area (TPSA) is 58.0 Å². The molecule has 0 spiro atoms. The van der Waals surface area contributed by atoms with Gasteiger partial charge in [0.25, 0.3) is 0 Å². The lowest BCUT2D eigenvalue weighted by atomic mass is 9.92. The van der Waals surface area contributed by atoms with E-state index in [0.29, 0.717) is 26.9 Å². The minimum atomic E-state index is -0.465. The summed E-state index contributed by atoms with van der Waals surface area (Å²) in [6.45, 7) is 2.08. The molecule has 4 nitrogen and oxygen atoms in total. The van der Waals surface area contributed by atoms with Gasteiger partial charge in [-0.15, -0.1) is 0 Å². The van der Waals surface area contributed by atoms with Crippen LogP contribution >= 0.6 is 23.2 Å². The zero-order valence-electron chi connectivity index (χ0n) is 15.7. The quantitative estimate of drug-likeness (QED) is 0.389. The summed E-state index contributed by atoms with van der Waals surface area (Å²) in [5.41, 5.74) is 3.07. The van der Waals surface area contributed by atoms with Gasteiger partial charge in [0, 0.05) is 23.3 Å². The molecule has 0 aliphatic rings. The highest BCUT2D eigenvalue weighted by atomic mass is 35.5. The van der Waals surface area contributed by atoms with Gasteiger partial charge in [-0.2, -0.15) is 0 Å². The molecule has 0 amide bonds. The highest BCUT2D eigenvalue weighted by Crippen LogP contribution is 2.41. The number of hydrogen-bond donors (Lipinski definition) is 2.